The summed E-state index contributed by atoms with van der Waals surface area (Å²) in [6.07, 6.45) is 0. The van der Waals surface area contributed by atoms with E-state index >= 15 is 0 Å². The van der Waals surface area contributed by atoms with Crippen LogP contribution in [0.2, 0.25) is 0 Å². The maximum absolute atomic E-state index is 14.3. The van der Waals surface area contributed by atoms with Crippen LogP contribution in [0.3, 0.4) is 0 Å². The van der Waals surface area contributed by atoms with Crippen molar-refractivity contribution in [3.8, 4) is 5.75 Å². The van der Waals surface area contributed by atoms with Gasteiger partial charge >= 0.3 is 0 Å². The number of anilines is 2. The fourth-order valence-electron chi connectivity index (χ4n) is 2.60. The Hall–Kier alpha value is -1.72. The van der Waals surface area contributed by atoms with Gasteiger partial charge in [-0.1, -0.05) is 12.1 Å². The van der Waals surface area contributed by atoms with Gasteiger partial charge in [-0.05, 0) is 87.6 Å². The average Bonchev–Trinajstić information content (AvgIpc) is 2.74. The van der Waals surface area contributed by atoms with E-state index in [0.29, 0.717) is 0 Å². The average molecular weight is 706 g/mol. The fourth-order valence-corrected chi connectivity index (χ4v) is 6.01. The van der Waals surface area contributed by atoms with Crippen LogP contribution in [0.25, 0.3) is 0 Å². The lowest BCUT2D eigenvalue weighted by atomic mass is 10.3. The summed E-state index contributed by atoms with van der Waals surface area (Å²) >= 11 is 3.42. The van der Waals surface area contributed by atoms with Crippen LogP contribution in [0.4, 0.5) is 20.2 Å². The Balaban J connectivity index is 2.04. The number of ether oxygens (including phenoxy) is 1. The van der Waals surface area contributed by atoms with Crippen molar-refractivity contribution < 1.29 is 30.4 Å². The van der Waals surface area contributed by atoms with Crippen molar-refractivity contribution in [1.82, 2.24) is 0 Å². The van der Waals surface area contributed by atoms with E-state index in [2.05, 4.69) is 9.44 Å². The quantitative estimate of drug-likeness (QED) is 0.345. The molecule has 3 rings (SSSR count). The van der Waals surface area contributed by atoms with E-state index in [1.807, 2.05) is 0 Å². The monoisotopic (exact) mass is 706 g/mol. The summed E-state index contributed by atoms with van der Waals surface area (Å²) in [5.74, 6) is -1.72. The van der Waals surface area contributed by atoms with Crippen LogP contribution in [0.15, 0.2) is 64.4 Å². The van der Waals surface area contributed by atoms with E-state index in [0.717, 1.165) is 18.2 Å². The molecule has 3 aromatic rings. The number of benzene rings is 3. The van der Waals surface area contributed by atoms with Crippen LogP contribution in [0, 0.1) is 18.8 Å². The van der Waals surface area contributed by atoms with Gasteiger partial charge in [0, 0.05) is 0 Å². The zero-order valence-corrected chi connectivity index (χ0v) is 22.0. The van der Waals surface area contributed by atoms with E-state index < -0.39 is 41.5 Å². The van der Waals surface area contributed by atoms with Gasteiger partial charge in [0.25, 0.3) is 20.0 Å². The summed E-state index contributed by atoms with van der Waals surface area (Å²) in [6.45, 7) is 0. The van der Waals surface area contributed by atoms with Crippen LogP contribution < -0.4 is 14.2 Å². The molecule has 0 aliphatic carbocycles. The summed E-state index contributed by atoms with van der Waals surface area (Å²) in [4.78, 5) is -0.996. The van der Waals surface area contributed by atoms with Gasteiger partial charge in [-0.2, -0.15) is 0 Å². The number of sulfonamides is 2. The Morgan fingerprint density at radius 3 is 1.78 bits per heavy atom. The highest BCUT2D eigenvalue weighted by atomic mass is 127. The van der Waals surface area contributed by atoms with Gasteiger partial charge in [0.15, 0.2) is 11.6 Å². The highest BCUT2D eigenvalue weighted by molar-refractivity contribution is 14.1. The Morgan fingerprint density at radius 1 is 0.781 bits per heavy atom. The highest BCUT2D eigenvalue weighted by Gasteiger charge is 2.26. The standard InChI is InChI=1S/C19H14F2I2N2O5S2/c1-30-16-9-8-11(31(26,27)24-14-6-2-4-12(22)18(14)20)10-17(16)32(28,29)25-15-7-3-5-13(23)19(15)21/h2-10,24-25H,1H3. The third-order valence-corrected chi connectivity index (χ3v) is 8.54. The number of hydrogen-bond donors (Lipinski definition) is 2. The molecule has 13 heteroatoms. The van der Waals surface area contributed by atoms with E-state index in [9.17, 15) is 25.6 Å². The van der Waals surface area contributed by atoms with Crippen molar-refractivity contribution in [2.24, 2.45) is 0 Å². The molecule has 2 N–H and O–H groups in total. The highest BCUT2D eigenvalue weighted by Crippen LogP contribution is 2.31. The van der Waals surface area contributed by atoms with Crippen molar-refractivity contribution in [3.05, 3.63) is 73.4 Å². The molecule has 0 amide bonds. The second kappa shape index (κ2) is 9.64. The molecule has 32 heavy (non-hydrogen) atoms. The summed E-state index contributed by atoms with van der Waals surface area (Å²) in [7, 11) is -7.61. The Morgan fingerprint density at radius 2 is 1.28 bits per heavy atom. The molecule has 0 aliphatic heterocycles. The molecule has 3 aromatic carbocycles. The topological polar surface area (TPSA) is 102 Å². The molecule has 0 radical (unpaired) electrons. The molecular formula is C19H14F2I2N2O5S2. The van der Waals surface area contributed by atoms with Gasteiger partial charge in [-0.3, -0.25) is 9.44 Å². The first-order chi connectivity index (χ1) is 15.0. The van der Waals surface area contributed by atoms with E-state index in [1.54, 1.807) is 45.2 Å². The normalized spacial score (nSPS) is 11.8. The molecule has 0 saturated carbocycles. The molecule has 0 heterocycles. The van der Waals surface area contributed by atoms with Gasteiger partial charge in [0.05, 0.1) is 30.5 Å². The van der Waals surface area contributed by atoms with Crippen LogP contribution in [0.5, 0.6) is 5.75 Å². The maximum Gasteiger partial charge on any atom is 0.265 e. The van der Waals surface area contributed by atoms with Gasteiger partial charge in [-0.15, -0.1) is 0 Å². The molecular weight excluding hydrogens is 692 g/mol. The Labute approximate surface area is 211 Å². The Kier molecular flexibility index (Phi) is 7.51. The largest absolute Gasteiger partial charge is 0.495 e. The van der Waals surface area contributed by atoms with E-state index in [1.165, 1.54) is 43.5 Å². The summed E-state index contributed by atoms with van der Waals surface area (Å²) < 4.78 is 89.7. The minimum absolute atomic E-state index is 0.164. The minimum atomic E-state index is -4.45. The van der Waals surface area contributed by atoms with E-state index in [-0.39, 0.29) is 24.3 Å². The minimum Gasteiger partial charge on any atom is -0.495 e. The lowest BCUT2D eigenvalue weighted by Crippen LogP contribution is -2.18. The van der Waals surface area contributed by atoms with Gasteiger partial charge in [0.1, 0.15) is 10.6 Å². The maximum atomic E-state index is 14.3. The molecule has 0 aliphatic rings. The molecule has 0 unspecified atom stereocenters. The fraction of sp³-hybridized carbons (Fsp3) is 0.0526. The molecule has 0 aromatic heterocycles. The molecule has 0 atom stereocenters. The van der Waals surface area contributed by atoms with Crippen molar-refractivity contribution in [2.45, 2.75) is 9.79 Å². The van der Waals surface area contributed by atoms with Crippen molar-refractivity contribution in [1.29, 1.82) is 0 Å². The lowest BCUT2D eigenvalue weighted by molar-refractivity contribution is 0.402. The lowest BCUT2D eigenvalue weighted by Gasteiger charge is -2.15. The molecule has 0 spiro atoms. The van der Waals surface area contributed by atoms with E-state index in [4.69, 9.17) is 4.74 Å². The number of methoxy groups -OCH3 is 1. The second-order valence-corrected chi connectivity index (χ2v) is 11.9. The predicted molar refractivity (Wildman–Crippen MR) is 133 cm³/mol. The zero-order valence-electron chi connectivity index (χ0n) is 16.1. The summed E-state index contributed by atoms with van der Waals surface area (Å²) in [5, 5.41) is 0. The van der Waals surface area contributed by atoms with Crippen molar-refractivity contribution in [2.75, 3.05) is 16.6 Å². The van der Waals surface area contributed by atoms with Crippen LogP contribution in [-0.2, 0) is 20.0 Å². The van der Waals surface area contributed by atoms with Gasteiger partial charge < -0.3 is 4.74 Å². The third kappa shape index (κ3) is 5.26. The van der Waals surface area contributed by atoms with Gasteiger partial charge in [0.2, 0.25) is 0 Å². The van der Waals surface area contributed by atoms with Crippen LogP contribution in [-0.4, -0.2) is 23.9 Å². The SMILES string of the molecule is COc1ccc(S(=O)(=O)Nc2cccc(I)c2F)cc1S(=O)(=O)Nc1cccc(I)c1F. The van der Waals surface area contributed by atoms with Crippen LogP contribution in [0.1, 0.15) is 0 Å². The van der Waals surface area contributed by atoms with Crippen LogP contribution >= 0.6 is 45.2 Å². The molecule has 170 valence electrons. The number of halogens is 4. The predicted octanol–water partition coefficient (Wildman–Crippen LogP) is 4.78. The zero-order chi connectivity index (χ0) is 23.7. The smallest absolute Gasteiger partial charge is 0.265 e. The third-order valence-electron chi connectivity index (χ3n) is 4.13. The molecule has 0 bridgehead atoms. The molecule has 0 saturated heterocycles. The molecule has 0 fully saturated rings. The summed E-state index contributed by atoms with van der Waals surface area (Å²) in [5.41, 5.74) is -0.609. The Bertz CT molecular complexity index is 1400. The second-order valence-electron chi connectivity index (χ2n) is 6.23. The number of rotatable bonds is 7. The van der Waals surface area contributed by atoms with Crippen molar-refractivity contribution >= 4 is 76.6 Å². The molecule has 7 nitrogen and oxygen atoms in total. The summed E-state index contributed by atoms with van der Waals surface area (Å²) in [6, 6.07) is 11.4. The first-order valence-corrected chi connectivity index (χ1v) is 13.7. The number of nitrogens with one attached hydrogen (secondary N) is 2. The number of hydrogen-bond acceptors (Lipinski definition) is 5. The van der Waals surface area contributed by atoms with Gasteiger partial charge in [-0.25, -0.2) is 25.6 Å². The van der Waals surface area contributed by atoms with Crippen molar-refractivity contribution in [3.63, 3.8) is 0 Å². The first-order valence-electron chi connectivity index (χ1n) is 8.58. The first kappa shape index (κ1) is 24.9.